The Balaban J connectivity index is 0.900. The van der Waals surface area contributed by atoms with Gasteiger partial charge in [-0.1, -0.05) is 318 Å². The van der Waals surface area contributed by atoms with E-state index < -0.39 is 0 Å². The highest BCUT2D eigenvalue weighted by Gasteiger charge is 2.28. The summed E-state index contributed by atoms with van der Waals surface area (Å²) in [4.78, 5) is 5.14. The molecule has 502 valence electrons. The first-order valence-electron chi connectivity index (χ1n) is 38.3. The number of hydrogen-bond acceptors (Lipinski definition) is 2. The third-order valence-electron chi connectivity index (χ3n) is 22.9. The summed E-state index contributed by atoms with van der Waals surface area (Å²) < 4.78 is 0. The Morgan fingerprint density at radius 2 is 0.420 bits per heavy atom. The molecular weight excluding hydrogens is 1210 g/mol. The van der Waals surface area contributed by atoms with Crippen LogP contribution in [0.3, 0.4) is 0 Å². The van der Waals surface area contributed by atoms with Gasteiger partial charge in [-0.05, 0) is 218 Å². The van der Waals surface area contributed by atoms with Crippen molar-refractivity contribution in [2.24, 2.45) is 23.7 Å². The summed E-state index contributed by atoms with van der Waals surface area (Å²) >= 11 is 0. The minimum atomic E-state index is 0.552. The first-order valence-corrected chi connectivity index (χ1v) is 38.3. The average molecular weight is 1310 g/mol. The summed E-state index contributed by atoms with van der Waals surface area (Å²) in [6, 6.07) is 93.8. The van der Waals surface area contributed by atoms with Gasteiger partial charge in [0.15, 0.2) is 0 Å². The van der Waals surface area contributed by atoms with Crippen LogP contribution in [0, 0.1) is 51.4 Å². The Kier molecular flexibility index (Phi) is 20.5. The van der Waals surface area contributed by atoms with Crippen LogP contribution in [0.1, 0.15) is 195 Å². The molecule has 100 heavy (non-hydrogen) atoms. The number of hydrogen-bond donors (Lipinski definition) is 0. The van der Waals surface area contributed by atoms with Gasteiger partial charge in [-0.2, -0.15) is 0 Å². The van der Waals surface area contributed by atoms with Gasteiger partial charge in [-0.25, -0.2) is 0 Å². The predicted octanol–water partition coefficient (Wildman–Crippen LogP) is 28.6. The molecule has 2 heteroatoms. The minimum absolute atomic E-state index is 0.552. The second kappa shape index (κ2) is 30.9. The van der Waals surface area contributed by atoms with E-state index in [1.807, 2.05) is 0 Å². The molecule has 0 aliphatic heterocycles. The number of rotatable bonds is 18. The fourth-order valence-corrected chi connectivity index (χ4v) is 17.4. The molecule has 4 fully saturated rings. The quantitative estimate of drug-likeness (QED) is 0.0480. The van der Waals surface area contributed by atoms with Crippen molar-refractivity contribution >= 4 is 102 Å². The van der Waals surface area contributed by atoms with Gasteiger partial charge in [0, 0.05) is 44.3 Å². The van der Waals surface area contributed by atoms with Gasteiger partial charge in [0.1, 0.15) is 0 Å². The van der Waals surface area contributed by atoms with E-state index >= 15 is 0 Å². The minimum Gasteiger partial charge on any atom is -0.309 e. The molecule has 0 N–H and O–H groups in total. The molecule has 0 saturated heterocycles. The Morgan fingerprint density at radius 3 is 0.610 bits per heavy atom. The van der Waals surface area contributed by atoms with Crippen molar-refractivity contribution < 1.29 is 0 Å². The number of fused-ring (bicyclic) bond motifs is 2. The molecule has 11 aromatic carbocycles. The first kappa shape index (κ1) is 66.4. The molecule has 0 unspecified atom stereocenters. The van der Waals surface area contributed by atoms with Crippen LogP contribution < -0.4 is 9.80 Å². The van der Waals surface area contributed by atoms with Gasteiger partial charge in [-0.3, -0.25) is 0 Å². The molecule has 4 saturated carbocycles. The van der Waals surface area contributed by atoms with E-state index in [1.54, 1.807) is 0 Å². The molecule has 0 heterocycles. The van der Waals surface area contributed by atoms with Gasteiger partial charge in [0.05, 0.1) is 11.4 Å². The maximum Gasteiger partial charge on any atom is 0.0619 e. The molecule has 2 nitrogen and oxygen atoms in total. The molecule has 0 spiro atoms. The number of aryl methyl sites for hydroxylation is 4. The monoisotopic (exact) mass is 1300 g/mol. The lowest BCUT2D eigenvalue weighted by molar-refractivity contribution is 0.430. The molecule has 0 atom stereocenters. The van der Waals surface area contributed by atoms with E-state index in [2.05, 4.69) is 304 Å². The fraction of sp³-hybridized carbons (Fsp3) is 0.286. The van der Waals surface area contributed by atoms with Crippen LogP contribution in [0.15, 0.2) is 243 Å². The van der Waals surface area contributed by atoms with Crippen LogP contribution >= 0.6 is 0 Å². The van der Waals surface area contributed by atoms with E-state index in [1.165, 1.54) is 250 Å². The normalized spacial score (nSPS) is 16.7. The lowest BCUT2D eigenvalue weighted by atomic mass is 9.80. The molecule has 0 amide bonds. The van der Waals surface area contributed by atoms with E-state index in [4.69, 9.17) is 0 Å². The van der Waals surface area contributed by atoms with Gasteiger partial charge in [0.2, 0.25) is 0 Å². The SMILES string of the molecule is Cc1ccc(/C(=C\c2ccc(N(c3ccc(/C=C(\c4ccc(C)cc4)C4CCCCC4)cc3)c3c4ccccc4c(N(c4ccc(/C=C(\c5ccc(C)cc5)C5CCCCC5)cc4)c4ccc(/C=C(\c5ccc(C)cc5)C5CCCCC5)cc4)c4ccccc34)cc2)C2CCCCC2)cc1. The van der Waals surface area contributed by atoms with E-state index in [-0.39, 0.29) is 0 Å². The van der Waals surface area contributed by atoms with Crippen molar-refractivity contribution in [3.63, 3.8) is 0 Å². The van der Waals surface area contributed by atoms with Gasteiger partial charge < -0.3 is 9.80 Å². The summed E-state index contributed by atoms with van der Waals surface area (Å²) in [6.07, 6.45) is 35.7. The maximum atomic E-state index is 2.57. The van der Waals surface area contributed by atoms with Crippen LogP contribution in [0.25, 0.3) is 68.1 Å². The van der Waals surface area contributed by atoms with Crippen molar-refractivity contribution in [2.45, 2.75) is 156 Å². The molecule has 0 aromatic heterocycles. The molecule has 4 aliphatic carbocycles. The van der Waals surface area contributed by atoms with Gasteiger partial charge in [-0.15, -0.1) is 0 Å². The molecular formula is C98H100N2. The van der Waals surface area contributed by atoms with E-state index in [9.17, 15) is 0 Å². The summed E-state index contributed by atoms with van der Waals surface area (Å²) in [5.74, 6) is 2.21. The molecule has 4 aliphatic rings. The second-order valence-electron chi connectivity index (χ2n) is 30.0. The van der Waals surface area contributed by atoms with Gasteiger partial charge in [0.25, 0.3) is 0 Å². The summed E-state index contributed by atoms with van der Waals surface area (Å²) in [5, 5.41) is 4.77. The van der Waals surface area contributed by atoms with Gasteiger partial charge >= 0.3 is 0 Å². The number of benzene rings is 11. The smallest absolute Gasteiger partial charge is 0.0619 e. The van der Waals surface area contributed by atoms with E-state index in [0.717, 1.165) is 22.7 Å². The van der Waals surface area contributed by atoms with Crippen LogP contribution in [0.4, 0.5) is 34.1 Å². The summed E-state index contributed by atoms with van der Waals surface area (Å²) in [6.45, 7) is 8.80. The largest absolute Gasteiger partial charge is 0.309 e. The van der Waals surface area contributed by atoms with Crippen LogP contribution in [0.5, 0.6) is 0 Å². The Morgan fingerprint density at radius 1 is 0.230 bits per heavy atom. The standard InChI is InChI=1S/C98H100N2/c1-69-33-49-81(50-34-69)93(77-21-9-5-10-22-77)65-73-41-57-85(58-42-73)99(86-59-43-74(44-60-86)66-94(78-23-11-6-12-24-78)82-51-35-70(2)36-52-82)97-89-29-17-19-31-91(89)98(92-32-20-18-30-90(92)97)100(87-61-45-75(46-62-87)67-95(79-25-13-7-14-26-79)83-53-37-71(3)38-54-83)88-63-47-76(48-64-88)68-96(80-27-15-8-16-28-80)84-55-39-72(4)40-56-84/h17-20,29-68,77-80H,5-16,21-28H2,1-4H3/b93-65-,94-66-,95-67-,96-68-. The summed E-state index contributed by atoms with van der Waals surface area (Å²) in [7, 11) is 0. The highest BCUT2D eigenvalue weighted by Crippen LogP contribution is 2.52. The molecule has 0 bridgehead atoms. The third kappa shape index (κ3) is 15.0. The molecule has 0 radical (unpaired) electrons. The Labute approximate surface area is 597 Å². The van der Waals surface area contributed by atoms with Crippen LogP contribution in [-0.4, -0.2) is 0 Å². The zero-order valence-electron chi connectivity index (χ0n) is 59.7. The maximum absolute atomic E-state index is 2.57. The summed E-state index contributed by atoms with van der Waals surface area (Å²) in [5.41, 5.74) is 28.3. The van der Waals surface area contributed by atoms with Crippen molar-refractivity contribution in [1.29, 1.82) is 0 Å². The Bertz CT molecular complexity index is 4090. The topological polar surface area (TPSA) is 6.48 Å². The van der Waals surface area contributed by atoms with Crippen molar-refractivity contribution in [3.05, 3.63) is 309 Å². The van der Waals surface area contributed by atoms with E-state index in [0.29, 0.717) is 23.7 Å². The zero-order chi connectivity index (χ0) is 67.7. The number of nitrogens with zero attached hydrogens (tertiary/aromatic N) is 2. The predicted molar refractivity (Wildman–Crippen MR) is 433 cm³/mol. The lowest BCUT2D eigenvalue weighted by Gasteiger charge is -2.33. The highest BCUT2D eigenvalue weighted by molar-refractivity contribution is 6.23. The van der Waals surface area contributed by atoms with Crippen LogP contribution in [-0.2, 0) is 0 Å². The lowest BCUT2D eigenvalue weighted by Crippen LogP contribution is -2.14. The zero-order valence-corrected chi connectivity index (χ0v) is 59.7. The highest BCUT2D eigenvalue weighted by atomic mass is 15.2. The number of allylic oxidation sites excluding steroid dienone is 4. The third-order valence-corrected chi connectivity index (χ3v) is 22.9. The van der Waals surface area contributed by atoms with Crippen molar-refractivity contribution in [3.8, 4) is 0 Å². The van der Waals surface area contributed by atoms with Crippen molar-refractivity contribution in [2.75, 3.05) is 9.80 Å². The average Bonchev–Trinajstić information content (AvgIpc) is 0.723. The fourth-order valence-electron chi connectivity index (χ4n) is 17.4. The first-order chi connectivity index (χ1) is 49.2. The molecule has 11 aromatic rings. The number of anilines is 6. The second-order valence-corrected chi connectivity index (χ2v) is 30.0. The van der Waals surface area contributed by atoms with Crippen molar-refractivity contribution in [1.82, 2.24) is 0 Å². The Hall–Kier alpha value is -9.50. The molecule has 15 rings (SSSR count). The van der Waals surface area contributed by atoms with Crippen LogP contribution in [0.2, 0.25) is 0 Å².